The number of aromatic nitrogens is 3. The molecule has 9 nitrogen and oxygen atoms in total. The van der Waals surface area contributed by atoms with E-state index in [0.29, 0.717) is 18.8 Å². The largest absolute Gasteiger partial charge is 0.481 e. The maximum atomic E-state index is 12.6. The molecule has 4 rings (SSSR count). The van der Waals surface area contributed by atoms with Gasteiger partial charge in [-0.1, -0.05) is 42.8 Å². The molecule has 0 radical (unpaired) electrons. The first kappa shape index (κ1) is 29.5. The van der Waals surface area contributed by atoms with Crippen LogP contribution < -0.4 is 5.73 Å². The molecule has 0 spiro atoms. The van der Waals surface area contributed by atoms with Gasteiger partial charge in [0.2, 0.25) is 0 Å². The van der Waals surface area contributed by atoms with Crippen LogP contribution in [0.1, 0.15) is 86.6 Å². The maximum Gasteiger partial charge on any atom is 0.315 e. The molecule has 1 aliphatic carbocycles. The van der Waals surface area contributed by atoms with E-state index in [1.165, 1.54) is 4.90 Å². The van der Waals surface area contributed by atoms with E-state index in [1.807, 2.05) is 51.2 Å². The molecule has 0 bridgehead atoms. The Bertz CT molecular complexity index is 1400. The molecule has 1 heterocycles. The summed E-state index contributed by atoms with van der Waals surface area (Å²) >= 11 is 0. The molecule has 1 unspecified atom stereocenters. The average Bonchev–Trinajstić information content (AvgIpc) is 3.28. The summed E-state index contributed by atoms with van der Waals surface area (Å²) in [5, 5.41) is 30.1. The first-order valence-corrected chi connectivity index (χ1v) is 14.2. The Kier molecular flexibility index (Phi) is 8.26. The van der Waals surface area contributed by atoms with E-state index >= 15 is 0 Å². The molecule has 1 saturated carbocycles. The highest BCUT2D eigenvalue weighted by Crippen LogP contribution is 2.44. The minimum absolute atomic E-state index is 0.176. The lowest BCUT2D eigenvalue weighted by molar-refractivity contribution is -0.147. The van der Waals surface area contributed by atoms with Gasteiger partial charge in [0.25, 0.3) is 0 Å². The number of aliphatic hydroxyl groups is 1. The van der Waals surface area contributed by atoms with Crippen molar-refractivity contribution in [1.82, 2.24) is 19.9 Å². The zero-order chi connectivity index (χ0) is 29.4. The summed E-state index contributed by atoms with van der Waals surface area (Å²) in [6.07, 6.45) is 4.27. The number of hydrogen-bond donors (Lipinski definition) is 3. The van der Waals surface area contributed by atoms with Crippen LogP contribution in [0.25, 0.3) is 11.0 Å². The Hall–Kier alpha value is -3.46. The Morgan fingerprint density at radius 2 is 1.88 bits per heavy atom. The Labute approximate surface area is 236 Å². The van der Waals surface area contributed by atoms with Crippen LogP contribution in [0.2, 0.25) is 0 Å². The number of rotatable bonds is 9. The summed E-state index contributed by atoms with van der Waals surface area (Å²) in [6.45, 7) is 9.97. The second-order valence-corrected chi connectivity index (χ2v) is 12.3. The number of carboxylic acids is 1. The molecule has 4 N–H and O–H groups in total. The fraction of sp³-hybridized carbons (Fsp3) is 0.548. The number of nitrogens with zero attached hydrogens (tertiary/aromatic N) is 4. The van der Waals surface area contributed by atoms with Gasteiger partial charge in [-0.25, -0.2) is 9.48 Å². The van der Waals surface area contributed by atoms with E-state index in [1.54, 1.807) is 18.5 Å². The van der Waals surface area contributed by atoms with Gasteiger partial charge >= 0.3 is 12.0 Å². The van der Waals surface area contributed by atoms with Crippen molar-refractivity contribution in [2.45, 2.75) is 84.8 Å². The minimum atomic E-state index is -1.15. The van der Waals surface area contributed by atoms with E-state index in [9.17, 15) is 19.8 Å². The molecule has 1 aromatic heterocycles. The minimum Gasteiger partial charge on any atom is -0.481 e. The number of fused-ring (bicyclic) bond motifs is 1. The summed E-state index contributed by atoms with van der Waals surface area (Å²) < 4.78 is 1.70. The standard InChI is InChI=1S/C31H43N5O4/c1-7-21-12-14-31(40,15-13-21)18-36(29(32)39)17-23-16-22(9-8-19(23)2)26(30(4,5)28(37)38)24-10-11-25-27(20(24)3)33-34-35(25)6/h8-11,16,21,26,40H,7,12-15,17-18H2,1-6H3,(H2,32,39)(H,37,38). The first-order valence-electron chi connectivity index (χ1n) is 14.2. The highest BCUT2D eigenvalue weighted by atomic mass is 16.4. The van der Waals surface area contributed by atoms with Crippen molar-refractivity contribution >= 4 is 23.0 Å². The summed E-state index contributed by atoms with van der Waals surface area (Å²) in [5.41, 5.74) is 9.74. The van der Waals surface area contributed by atoms with E-state index in [2.05, 4.69) is 17.2 Å². The number of amides is 2. The third-order valence-electron chi connectivity index (χ3n) is 9.14. The van der Waals surface area contributed by atoms with Gasteiger partial charge < -0.3 is 20.8 Å². The number of carboxylic acid groups (broad SMARTS) is 1. The third-order valence-corrected chi connectivity index (χ3v) is 9.14. The molecule has 2 aromatic carbocycles. The molecule has 0 aliphatic heterocycles. The summed E-state index contributed by atoms with van der Waals surface area (Å²) in [6, 6.07) is 9.23. The fourth-order valence-electron chi connectivity index (χ4n) is 6.27. The van der Waals surface area contributed by atoms with Gasteiger partial charge in [0, 0.05) is 19.5 Å². The van der Waals surface area contributed by atoms with E-state index in [0.717, 1.165) is 58.1 Å². The number of carbonyl (C=O) groups is 2. The van der Waals surface area contributed by atoms with Gasteiger partial charge in [-0.05, 0) is 93.2 Å². The summed E-state index contributed by atoms with van der Waals surface area (Å²) in [7, 11) is 1.83. The topological polar surface area (TPSA) is 135 Å². The van der Waals surface area contributed by atoms with E-state index < -0.39 is 28.9 Å². The molecule has 1 aliphatic rings. The fourth-order valence-corrected chi connectivity index (χ4v) is 6.27. The lowest BCUT2D eigenvalue weighted by Gasteiger charge is -2.39. The van der Waals surface area contributed by atoms with Crippen LogP contribution in [0.15, 0.2) is 30.3 Å². The predicted octanol–water partition coefficient (Wildman–Crippen LogP) is 5.04. The Morgan fingerprint density at radius 3 is 2.48 bits per heavy atom. The monoisotopic (exact) mass is 549 g/mol. The van der Waals surface area contributed by atoms with Gasteiger partial charge in [0.05, 0.1) is 23.1 Å². The number of nitrogens with two attached hydrogens (primary N) is 1. The van der Waals surface area contributed by atoms with Crippen molar-refractivity contribution in [2.24, 2.45) is 24.1 Å². The van der Waals surface area contributed by atoms with Crippen molar-refractivity contribution in [2.75, 3.05) is 6.54 Å². The normalized spacial score (nSPS) is 20.4. The molecule has 3 aromatic rings. The van der Waals surface area contributed by atoms with Gasteiger partial charge in [-0.3, -0.25) is 4.79 Å². The molecule has 1 atom stereocenters. The predicted molar refractivity (Wildman–Crippen MR) is 155 cm³/mol. The van der Waals surface area contributed by atoms with Crippen molar-refractivity contribution in [3.63, 3.8) is 0 Å². The number of aryl methyl sites for hydroxylation is 3. The average molecular weight is 550 g/mol. The molecule has 1 fully saturated rings. The van der Waals surface area contributed by atoms with Gasteiger partial charge in [-0.2, -0.15) is 0 Å². The summed E-state index contributed by atoms with van der Waals surface area (Å²) in [5.74, 6) is -0.798. The second kappa shape index (κ2) is 11.2. The molecule has 216 valence electrons. The smallest absolute Gasteiger partial charge is 0.315 e. The van der Waals surface area contributed by atoms with Crippen molar-refractivity contribution in [3.05, 3.63) is 58.1 Å². The third kappa shape index (κ3) is 5.70. The lowest BCUT2D eigenvalue weighted by atomic mass is 9.69. The molecular weight excluding hydrogens is 506 g/mol. The number of benzene rings is 2. The quantitative estimate of drug-likeness (QED) is 0.342. The molecule has 9 heteroatoms. The highest BCUT2D eigenvalue weighted by Gasteiger charge is 2.40. The van der Waals surface area contributed by atoms with Crippen LogP contribution in [0, 0.1) is 25.2 Å². The Balaban J connectivity index is 1.72. The van der Waals surface area contributed by atoms with Crippen LogP contribution in [-0.4, -0.2) is 54.3 Å². The van der Waals surface area contributed by atoms with Gasteiger partial charge in [0.15, 0.2) is 0 Å². The second-order valence-electron chi connectivity index (χ2n) is 12.3. The van der Waals surface area contributed by atoms with Crippen LogP contribution in [0.3, 0.4) is 0 Å². The lowest BCUT2D eigenvalue weighted by Crippen LogP contribution is -2.49. The number of carbonyl (C=O) groups excluding carboxylic acids is 1. The van der Waals surface area contributed by atoms with Crippen molar-refractivity contribution in [1.29, 1.82) is 0 Å². The van der Waals surface area contributed by atoms with Gasteiger partial charge in [0.1, 0.15) is 5.52 Å². The SMILES string of the molecule is CCC1CCC(O)(CN(Cc2cc(C(c3ccc4c(nnn4C)c3C)C(C)(C)C(=O)O)ccc2C)C(N)=O)CC1. The van der Waals surface area contributed by atoms with Crippen molar-refractivity contribution < 1.29 is 19.8 Å². The molecule has 0 saturated heterocycles. The van der Waals surface area contributed by atoms with Crippen LogP contribution >= 0.6 is 0 Å². The number of aliphatic carboxylic acids is 1. The summed E-state index contributed by atoms with van der Waals surface area (Å²) in [4.78, 5) is 26.7. The molecular formula is C31H43N5O4. The molecule has 40 heavy (non-hydrogen) atoms. The first-order chi connectivity index (χ1) is 18.8. The number of primary amides is 1. The van der Waals surface area contributed by atoms with Crippen LogP contribution in [-0.2, 0) is 18.4 Å². The Morgan fingerprint density at radius 1 is 1.20 bits per heavy atom. The number of urea groups is 1. The van der Waals surface area contributed by atoms with E-state index in [4.69, 9.17) is 5.73 Å². The van der Waals surface area contributed by atoms with Crippen LogP contribution in [0.5, 0.6) is 0 Å². The zero-order valence-electron chi connectivity index (χ0n) is 24.6. The van der Waals surface area contributed by atoms with Crippen LogP contribution in [0.4, 0.5) is 4.79 Å². The van der Waals surface area contributed by atoms with Gasteiger partial charge in [-0.15, -0.1) is 5.10 Å². The molecule has 2 amide bonds. The van der Waals surface area contributed by atoms with E-state index in [-0.39, 0.29) is 13.1 Å². The maximum absolute atomic E-state index is 12.6. The zero-order valence-corrected chi connectivity index (χ0v) is 24.6. The number of hydrogen-bond acceptors (Lipinski definition) is 5. The highest BCUT2D eigenvalue weighted by molar-refractivity contribution is 5.82. The van der Waals surface area contributed by atoms with Crippen molar-refractivity contribution in [3.8, 4) is 0 Å².